The van der Waals surface area contributed by atoms with Gasteiger partial charge in [0.1, 0.15) is 23.5 Å². The number of fused-ring (bicyclic) bond motifs is 1. The number of nitro groups is 1. The predicted molar refractivity (Wildman–Crippen MR) is 92.1 cm³/mol. The molecule has 26 heavy (non-hydrogen) atoms. The zero-order valence-electron chi connectivity index (χ0n) is 13.6. The van der Waals surface area contributed by atoms with E-state index < -0.39 is 22.9 Å². The second-order valence-corrected chi connectivity index (χ2v) is 5.26. The molecule has 3 aromatic rings. The van der Waals surface area contributed by atoms with E-state index in [1.54, 1.807) is 24.3 Å². The minimum absolute atomic E-state index is 0.0115. The van der Waals surface area contributed by atoms with E-state index in [2.05, 4.69) is 15.6 Å². The molecule has 3 rings (SSSR count). The van der Waals surface area contributed by atoms with Gasteiger partial charge in [-0.1, -0.05) is 17.3 Å². The van der Waals surface area contributed by atoms with Crippen molar-refractivity contribution in [2.45, 2.75) is 6.54 Å². The standard InChI is InChI=1S/C16H13N5O5/c1-26-10-6-7-13(14(8-10)21(24)25)17-15(22)9-20-16(23)11-4-2-3-5-12(11)18-19-20/h2-8H,9H2,1H3,(H,17,22). The Hall–Kier alpha value is -3.82. The number of methoxy groups -OCH3 is 1. The highest BCUT2D eigenvalue weighted by molar-refractivity contribution is 5.93. The first kappa shape index (κ1) is 17.0. The zero-order chi connectivity index (χ0) is 18.7. The lowest BCUT2D eigenvalue weighted by Gasteiger charge is -2.08. The van der Waals surface area contributed by atoms with Crippen LogP contribution in [0, 0.1) is 10.1 Å². The van der Waals surface area contributed by atoms with Gasteiger partial charge in [-0.05, 0) is 24.3 Å². The Morgan fingerprint density at radius 1 is 1.31 bits per heavy atom. The Labute approximate surface area is 146 Å². The molecule has 0 atom stereocenters. The molecule has 0 saturated carbocycles. The number of rotatable bonds is 5. The number of aromatic nitrogens is 3. The summed E-state index contributed by atoms with van der Waals surface area (Å²) in [4.78, 5) is 35.1. The lowest BCUT2D eigenvalue weighted by Crippen LogP contribution is -2.30. The van der Waals surface area contributed by atoms with Gasteiger partial charge in [0.05, 0.1) is 23.5 Å². The summed E-state index contributed by atoms with van der Waals surface area (Å²) in [7, 11) is 1.38. The summed E-state index contributed by atoms with van der Waals surface area (Å²) in [6.45, 7) is -0.431. The summed E-state index contributed by atoms with van der Waals surface area (Å²) < 4.78 is 5.83. The molecule has 1 aromatic heterocycles. The highest BCUT2D eigenvalue weighted by Crippen LogP contribution is 2.28. The maximum Gasteiger partial charge on any atom is 0.296 e. The van der Waals surface area contributed by atoms with E-state index in [-0.39, 0.29) is 17.1 Å². The lowest BCUT2D eigenvalue weighted by atomic mass is 10.2. The molecule has 0 radical (unpaired) electrons. The van der Waals surface area contributed by atoms with E-state index in [9.17, 15) is 19.7 Å². The van der Waals surface area contributed by atoms with E-state index in [4.69, 9.17) is 4.74 Å². The Morgan fingerprint density at radius 2 is 2.08 bits per heavy atom. The minimum atomic E-state index is -0.648. The van der Waals surface area contributed by atoms with Crippen LogP contribution in [-0.2, 0) is 11.3 Å². The SMILES string of the molecule is COc1ccc(NC(=O)Cn2nnc3ccccc3c2=O)c([N+](=O)[O-])c1. The topological polar surface area (TPSA) is 129 Å². The second kappa shape index (κ2) is 6.97. The van der Waals surface area contributed by atoms with Crippen LogP contribution < -0.4 is 15.6 Å². The van der Waals surface area contributed by atoms with Crippen molar-refractivity contribution in [1.82, 2.24) is 15.0 Å². The maximum absolute atomic E-state index is 12.3. The molecule has 1 N–H and O–H groups in total. The molecule has 0 saturated heterocycles. The van der Waals surface area contributed by atoms with Crippen LogP contribution in [0.3, 0.4) is 0 Å². The number of carbonyl (C=O) groups is 1. The Balaban J connectivity index is 1.85. The van der Waals surface area contributed by atoms with Crippen molar-refractivity contribution in [3.8, 4) is 5.75 Å². The average Bonchev–Trinajstić information content (AvgIpc) is 2.64. The molecule has 0 fully saturated rings. The number of ether oxygens (including phenoxy) is 1. The molecule has 1 amide bonds. The number of hydrogen-bond acceptors (Lipinski definition) is 7. The number of anilines is 1. The van der Waals surface area contributed by atoms with Gasteiger partial charge in [-0.15, -0.1) is 5.10 Å². The van der Waals surface area contributed by atoms with Crippen molar-refractivity contribution in [3.05, 3.63) is 62.9 Å². The molecular weight excluding hydrogens is 342 g/mol. The highest BCUT2D eigenvalue weighted by atomic mass is 16.6. The molecule has 0 bridgehead atoms. The number of hydrogen-bond donors (Lipinski definition) is 1. The number of nitrogens with zero attached hydrogens (tertiary/aromatic N) is 4. The van der Waals surface area contributed by atoms with E-state index in [0.29, 0.717) is 10.9 Å². The van der Waals surface area contributed by atoms with Gasteiger partial charge in [-0.25, -0.2) is 4.68 Å². The van der Waals surface area contributed by atoms with Crippen molar-refractivity contribution < 1.29 is 14.5 Å². The quantitative estimate of drug-likeness (QED) is 0.540. The minimum Gasteiger partial charge on any atom is -0.496 e. The van der Waals surface area contributed by atoms with Gasteiger partial charge in [0.15, 0.2) is 0 Å². The van der Waals surface area contributed by atoms with Crippen molar-refractivity contribution >= 4 is 28.2 Å². The van der Waals surface area contributed by atoms with Gasteiger partial charge in [0.2, 0.25) is 5.91 Å². The first-order valence-corrected chi connectivity index (χ1v) is 7.44. The fraction of sp³-hybridized carbons (Fsp3) is 0.125. The largest absolute Gasteiger partial charge is 0.496 e. The number of nitrogens with one attached hydrogen (secondary N) is 1. The van der Waals surface area contributed by atoms with Crippen molar-refractivity contribution in [2.24, 2.45) is 0 Å². The molecule has 0 aliphatic carbocycles. The number of benzene rings is 2. The van der Waals surface area contributed by atoms with Crippen LogP contribution >= 0.6 is 0 Å². The molecular formula is C16H13N5O5. The Morgan fingerprint density at radius 3 is 2.81 bits per heavy atom. The van der Waals surface area contributed by atoms with Gasteiger partial charge in [-0.3, -0.25) is 19.7 Å². The van der Waals surface area contributed by atoms with Crippen molar-refractivity contribution in [1.29, 1.82) is 0 Å². The van der Waals surface area contributed by atoms with Crippen LogP contribution in [0.1, 0.15) is 0 Å². The smallest absolute Gasteiger partial charge is 0.296 e. The molecule has 0 unspecified atom stereocenters. The third kappa shape index (κ3) is 3.34. The second-order valence-electron chi connectivity index (χ2n) is 5.26. The van der Waals surface area contributed by atoms with Gasteiger partial charge >= 0.3 is 0 Å². The van der Waals surface area contributed by atoms with Crippen LogP contribution in [0.4, 0.5) is 11.4 Å². The summed E-state index contributed by atoms with van der Waals surface area (Å²) in [6.07, 6.45) is 0. The van der Waals surface area contributed by atoms with E-state index >= 15 is 0 Å². The molecule has 1 heterocycles. The summed E-state index contributed by atoms with van der Waals surface area (Å²) >= 11 is 0. The third-order valence-corrected chi connectivity index (χ3v) is 3.60. The molecule has 10 heteroatoms. The number of carbonyl (C=O) groups excluding carboxylic acids is 1. The first-order valence-electron chi connectivity index (χ1n) is 7.44. The fourth-order valence-corrected chi connectivity index (χ4v) is 2.35. The molecule has 0 aliphatic rings. The molecule has 0 spiro atoms. The van der Waals surface area contributed by atoms with E-state index in [1.165, 1.54) is 25.3 Å². The van der Waals surface area contributed by atoms with Gasteiger partial charge in [0.25, 0.3) is 11.2 Å². The molecule has 10 nitrogen and oxygen atoms in total. The Bertz CT molecular complexity index is 1060. The van der Waals surface area contributed by atoms with Gasteiger partial charge < -0.3 is 10.1 Å². The summed E-state index contributed by atoms with van der Waals surface area (Å²) in [5.74, 6) is -0.365. The van der Waals surface area contributed by atoms with Crippen LogP contribution in [-0.4, -0.2) is 32.9 Å². The molecule has 0 aliphatic heterocycles. The third-order valence-electron chi connectivity index (χ3n) is 3.60. The van der Waals surface area contributed by atoms with Crippen molar-refractivity contribution in [3.63, 3.8) is 0 Å². The van der Waals surface area contributed by atoms with Crippen LogP contribution in [0.2, 0.25) is 0 Å². The molecule has 132 valence electrons. The highest BCUT2D eigenvalue weighted by Gasteiger charge is 2.18. The number of nitro benzene ring substituents is 1. The maximum atomic E-state index is 12.3. The van der Waals surface area contributed by atoms with Crippen LogP contribution in [0.15, 0.2) is 47.3 Å². The lowest BCUT2D eigenvalue weighted by molar-refractivity contribution is -0.384. The van der Waals surface area contributed by atoms with Gasteiger partial charge in [0, 0.05) is 0 Å². The monoisotopic (exact) mass is 355 g/mol. The van der Waals surface area contributed by atoms with Gasteiger partial charge in [-0.2, -0.15) is 0 Å². The Kier molecular flexibility index (Phi) is 4.56. The van der Waals surface area contributed by atoms with Crippen molar-refractivity contribution in [2.75, 3.05) is 12.4 Å². The summed E-state index contributed by atoms with van der Waals surface area (Å²) in [6, 6.07) is 10.6. The van der Waals surface area contributed by atoms with E-state index in [0.717, 1.165) is 4.68 Å². The summed E-state index contributed by atoms with van der Waals surface area (Å²) in [5.41, 5.74) is -0.396. The summed E-state index contributed by atoms with van der Waals surface area (Å²) in [5, 5.41) is 21.5. The predicted octanol–water partition coefficient (Wildman–Crippen LogP) is 1.35. The zero-order valence-corrected chi connectivity index (χ0v) is 13.6. The first-order chi connectivity index (χ1) is 12.5. The van der Waals surface area contributed by atoms with Crippen LogP contribution in [0.25, 0.3) is 10.9 Å². The normalized spacial score (nSPS) is 10.5. The molecule has 2 aromatic carbocycles. The van der Waals surface area contributed by atoms with E-state index in [1.807, 2.05) is 0 Å². The average molecular weight is 355 g/mol. The number of amides is 1. The van der Waals surface area contributed by atoms with Crippen LogP contribution in [0.5, 0.6) is 5.75 Å². The fourth-order valence-electron chi connectivity index (χ4n) is 2.35.